The molecule has 0 aromatic heterocycles. The average molecular weight is 131 g/mol. The van der Waals surface area contributed by atoms with Crippen molar-refractivity contribution in [2.45, 2.75) is 38.5 Å². The van der Waals surface area contributed by atoms with E-state index in [1.54, 1.807) is 0 Å². The first-order valence-electron chi connectivity index (χ1n) is 3.21. The molecule has 0 heterocycles. The summed E-state index contributed by atoms with van der Waals surface area (Å²) in [5.41, 5.74) is 5.85. The predicted octanol–water partition coefficient (Wildman–Crippen LogP) is 1.21. The Morgan fingerprint density at radius 2 is 1.75 bits per heavy atom. The quantitative estimate of drug-likeness (QED) is 0.560. The van der Waals surface area contributed by atoms with Crippen LogP contribution in [0.1, 0.15) is 13.8 Å². The highest BCUT2D eigenvalue weighted by Crippen LogP contribution is 2.07. The third-order valence-electron chi connectivity index (χ3n) is 0.934. The van der Waals surface area contributed by atoms with Crippen molar-refractivity contribution in [1.29, 1.82) is 0 Å². The Morgan fingerprint density at radius 1 is 1.38 bits per heavy atom. The first kappa shape index (κ1) is 8.18. The van der Waals surface area contributed by atoms with E-state index in [9.17, 15) is 0 Å². The van der Waals surface area contributed by atoms with E-state index in [1.807, 2.05) is 0 Å². The summed E-state index contributed by atoms with van der Waals surface area (Å²) in [4.78, 5) is 0. The summed E-state index contributed by atoms with van der Waals surface area (Å²) in [5, 5.41) is 0. The van der Waals surface area contributed by atoms with Gasteiger partial charge >= 0.3 is 0 Å². The molecular formula is C6H17NSi. The molecule has 0 spiro atoms. The van der Waals surface area contributed by atoms with E-state index in [0.717, 1.165) is 0 Å². The molecule has 8 heavy (non-hydrogen) atoms. The van der Waals surface area contributed by atoms with Crippen molar-refractivity contribution >= 4 is 8.80 Å². The van der Waals surface area contributed by atoms with Crippen LogP contribution in [0, 0.1) is 0 Å². The predicted molar refractivity (Wildman–Crippen MR) is 42.0 cm³/mol. The molecule has 0 unspecified atom stereocenters. The second-order valence-electron chi connectivity index (χ2n) is 3.59. The van der Waals surface area contributed by atoms with Crippen molar-refractivity contribution in [2.24, 2.45) is 5.73 Å². The minimum Gasteiger partial charge on any atom is -0.326 e. The summed E-state index contributed by atoms with van der Waals surface area (Å²) in [6, 6.07) is 1.24. The number of hydrogen-bond acceptors (Lipinski definition) is 1. The Labute approximate surface area is 53.9 Å². The summed E-state index contributed by atoms with van der Waals surface area (Å²) in [6.45, 7) is 8.85. The van der Waals surface area contributed by atoms with E-state index < -0.39 is 8.80 Å². The Bertz CT molecular complexity index is 63.4. The van der Waals surface area contributed by atoms with Crippen LogP contribution in [0.25, 0.3) is 0 Å². The lowest BCUT2D eigenvalue weighted by atomic mass is 10.1. The minimum atomic E-state index is -0.421. The van der Waals surface area contributed by atoms with Crippen LogP contribution < -0.4 is 5.73 Å². The molecule has 0 aromatic rings. The zero-order valence-corrected chi connectivity index (χ0v) is 7.52. The van der Waals surface area contributed by atoms with Gasteiger partial charge in [0.1, 0.15) is 0 Å². The molecule has 0 aliphatic carbocycles. The van der Waals surface area contributed by atoms with Crippen LogP contribution in [-0.4, -0.2) is 14.3 Å². The number of hydrogen-bond donors (Lipinski definition) is 1. The van der Waals surface area contributed by atoms with E-state index in [2.05, 4.69) is 26.9 Å². The standard InChI is InChI=1S/C6H17NSi/c1-6(2,7)5-8(3)4/h8H,5,7H2,1-4H3. The zero-order chi connectivity index (χ0) is 6.78. The molecule has 2 heteroatoms. The van der Waals surface area contributed by atoms with Gasteiger partial charge in [-0.25, -0.2) is 0 Å². The van der Waals surface area contributed by atoms with Crippen molar-refractivity contribution in [3.05, 3.63) is 0 Å². The summed E-state index contributed by atoms with van der Waals surface area (Å²) in [7, 11) is -0.421. The first-order chi connectivity index (χ1) is 3.42. The largest absolute Gasteiger partial charge is 0.326 e. The van der Waals surface area contributed by atoms with Crippen LogP contribution in [0.15, 0.2) is 0 Å². The number of nitrogens with two attached hydrogens (primary N) is 1. The molecule has 1 nitrogen and oxygen atoms in total. The third-order valence-corrected chi connectivity index (χ3v) is 2.80. The van der Waals surface area contributed by atoms with Gasteiger partial charge < -0.3 is 5.73 Å². The van der Waals surface area contributed by atoms with Crippen molar-refractivity contribution in [3.8, 4) is 0 Å². The van der Waals surface area contributed by atoms with Gasteiger partial charge in [0.25, 0.3) is 0 Å². The first-order valence-corrected chi connectivity index (χ1v) is 6.33. The lowest BCUT2D eigenvalue weighted by Gasteiger charge is -2.19. The average Bonchev–Trinajstić information content (AvgIpc) is 1.21. The van der Waals surface area contributed by atoms with Gasteiger partial charge in [0.05, 0.1) is 0 Å². The Kier molecular flexibility index (Phi) is 2.70. The van der Waals surface area contributed by atoms with Gasteiger partial charge in [-0.1, -0.05) is 13.1 Å². The fourth-order valence-electron chi connectivity index (χ4n) is 1.05. The maximum atomic E-state index is 5.77. The van der Waals surface area contributed by atoms with E-state index in [-0.39, 0.29) is 5.54 Å². The van der Waals surface area contributed by atoms with Crippen LogP contribution in [0.4, 0.5) is 0 Å². The summed E-state index contributed by atoms with van der Waals surface area (Å²) in [6.07, 6.45) is 0. The Balaban J connectivity index is 3.39. The fourth-order valence-corrected chi connectivity index (χ4v) is 3.16. The molecule has 0 amide bonds. The molecule has 0 atom stereocenters. The highest BCUT2D eigenvalue weighted by molar-refractivity contribution is 6.56. The molecule has 0 aliphatic rings. The van der Waals surface area contributed by atoms with Gasteiger partial charge in [-0.2, -0.15) is 0 Å². The van der Waals surface area contributed by atoms with Gasteiger partial charge in [0.2, 0.25) is 0 Å². The Morgan fingerprint density at radius 3 is 1.75 bits per heavy atom. The Hall–Kier alpha value is 0.177. The van der Waals surface area contributed by atoms with Gasteiger partial charge in [-0.05, 0) is 19.9 Å². The van der Waals surface area contributed by atoms with Gasteiger partial charge in [-0.3, -0.25) is 0 Å². The van der Waals surface area contributed by atoms with Crippen molar-refractivity contribution in [1.82, 2.24) is 0 Å². The zero-order valence-electron chi connectivity index (χ0n) is 6.36. The third kappa shape index (κ3) is 6.18. The molecule has 0 fully saturated rings. The highest BCUT2D eigenvalue weighted by atomic mass is 28.3. The van der Waals surface area contributed by atoms with Crippen molar-refractivity contribution < 1.29 is 0 Å². The van der Waals surface area contributed by atoms with Gasteiger partial charge in [0.15, 0.2) is 0 Å². The van der Waals surface area contributed by atoms with Crippen molar-refractivity contribution in [2.75, 3.05) is 0 Å². The topological polar surface area (TPSA) is 26.0 Å². The van der Waals surface area contributed by atoms with Crippen LogP contribution in [0.3, 0.4) is 0 Å². The number of rotatable bonds is 2. The molecule has 0 saturated carbocycles. The maximum absolute atomic E-state index is 5.77. The van der Waals surface area contributed by atoms with E-state index >= 15 is 0 Å². The molecule has 0 radical (unpaired) electrons. The SMILES string of the molecule is C[SiH](C)CC(C)(C)N. The van der Waals surface area contributed by atoms with E-state index in [1.165, 1.54) is 6.04 Å². The van der Waals surface area contributed by atoms with Crippen molar-refractivity contribution in [3.63, 3.8) is 0 Å². The second-order valence-corrected chi connectivity index (χ2v) is 6.78. The summed E-state index contributed by atoms with van der Waals surface area (Å²) >= 11 is 0. The minimum absolute atomic E-state index is 0.0837. The monoisotopic (exact) mass is 131 g/mol. The van der Waals surface area contributed by atoms with Crippen LogP contribution in [0.5, 0.6) is 0 Å². The molecule has 0 saturated heterocycles. The molecular weight excluding hydrogens is 114 g/mol. The molecule has 0 aliphatic heterocycles. The normalized spacial score (nSPS) is 12.8. The highest BCUT2D eigenvalue weighted by Gasteiger charge is 2.12. The van der Waals surface area contributed by atoms with E-state index in [4.69, 9.17) is 5.73 Å². The maximum Gasteiger partial charge on any atom is 0.0324 e. The lowest BCUT2D eigenvalue weighted by Crippen LogP contribution is -2.34. The molecule has 0 rings (SSSR count). The van der Waals surface area contributed by atoms with Gasteiger partial charge in [0, 0.05) is 14.3 Å². The second kappa shape index (κ2) is 2.64. The fraction of sp³-hybridized carbons (Fsp3) is 1.00. The van der Waals surface area contributed by atoms with E-state index in [0.29, 0.717) is 0 Å². The van der Waals surface area contributed by atoms with Crippen LogP contribution in [0.2, 0.25) is 19.1 Å². The lowest BCUT2D eigenvalue weighted by molar-refractivity contribution is 0.574. The smallest absolute Gasteiger partial charge is 0.0324 e. The molecule has 0 aromatic carbocycles. The molecule has 2 N–H and O–H groups in total. The molecule has 0 bridgehead atoms. The molecule has 50 valence electrons. The van der Waals surface area contributed by atoms with Crippen LogP contribution in [-0.2, 0) is 0 Å². The van der Waals surface area contributed by atoms with Gasteiger partial charge in [-0.15, -0.1) is 0 Å². The summed E-state index contributed by atoms with van der Waals surface area (Å²) < 4.78 is 0. The summed E-state index contributed by atoms with van der Waals surface area (Å²) in [5.74, 6) is 0. The van der Waals surface area contributed by atoms with Crippen LogP contribution >= 0.6 is 0 Å².